The molecule has 3 aromatic rings. The zero-order valence-corrected chi connectivity index (χ0v) is 24.6. The topological polar surface area (TPSA) is 75.5 Å². The smallest absolute Gasteiger partial charge is 0.264 e. The summed E-state index contributed by atoms with van der Waals surface area (Å²) in [6, 6.07) is 7.92. The number of carbonyl (C=O) groups is 1. The van der Waals surface area contributed by atoms with E-state index in [4.69, 9.17) is 0 Å². The van der Waals surface area contributed by atoms with Crippen LogP contribution in [0.5, 0.6) is 0 Å². The number of sulfone groups is 1. The number of anilines is 2. The Labute approximate surface area is 240 Å². The number of amides is 1. The molecule has 1 fully saturated rings. The molecular weight excluding hydrogens is 546 g/mol. The van der Waals surface area contributed by atoms with Gasteiger partial charge in [-0.05, 0) is 84.9 Å². The van der Waals surface area contributed by atoms with Gasteiger partial charge in [-0.2, -0.15) is 5.10 Å². The van der Waals surface area contributed by atoms with E-state index >= 15 is 0 Å². The monoisotopic (exact) mass is 582 g/mol. The number of carbonyl (C=O) groups excluding carboxylic acids is 1. The highest BCUT2D eigenvalue weighted by Gasteiger charge is 2.33. The van der Waals surface area contributed by atoms with Gasteiger partial charge in [0.25, 0.3) is 6.43 Å². The van der Waals surface area contributed by atoms with Crippen LogP contribution in [0, 0.1) is 0 Å². The minimum atomic E-state index is -3.07. The van der Waals surface area contributed by atoms with Gasteiger partial charge < -0.3 is 9.80 Å². The molecule has 0 atom stereocenters. The highest BCUT2D eigenvalue weighted by molar-refractivity contribution is 7.91. The normalized spacial score (nSPS) is 20.8. The summed E-state index contributed by atoms with van der Waals surface area (Å²) in [7, 11) is -1.29. The quantitative estimate of drug-likeness (QED) is 0.367. The molecule has 0 unspecified atom stereocenters. The van der Waals surface area contributed by atoms with Crippen LogP contribution in [0.4, 0.5) is 20.2 Å². The predicted octanol–water partition coefficient (Wildman–Crippen LogP) is 6.04. The lowest BCUT2D eigenvalue weighted by Gasteiger charge is -2.35. The van der Waals surface area contributed by atoms with Gasteiger partial charge in [-0.1, -0.05) is 6.07 Å². The molecule has 2 aromatic carbocycles. The standard InChI is InChI=1S/C31H36F2N4O3S/c1-19(38)36-17-23-11-22(20-6-8-25(9-7-20)41(3,39)40)13-30(28(23)18-36)37-10-4-5-21-12-26(24-15-34-35(2)16-24)27(31(32)33)14-29(21)37/h11-16,20,25,31H,4-10,17-18H2,1-3H3. The van der Waals surface area contributed by atoms with Crippen LogP contribution in [-0.2, 0) is 41.2 Å². The predicted molar refractivity (Wildman–Crippen MR) is 155 cm³/mol. The number of fused-ring (bicyclic) bond motifs is 2. The number of benzene rings is 2. The molecule has 6 rings (SSSR count). The third-order valence-electron chi connectivity index (χ3n) is 9.16. The van der Waals surface area contributed by atoms with Crippen molar-refractivity contribution in [1.29, 1.82) is 0 Å². The third kappa shape index (κ3) is 5.27. The fourth-order valence-electron chi connectivity index (χ4n) is 6.93. The molecule has 2 aliphatic heterocycles. The van der Waals surface area contributed by atoms with E-state index < -0.39 is 16.3 Å². The summed E-state index contributed by atoms with van der Waals surface area (Å²) >= 11 is 0. The van der Waals surface area contributed by atoms with Crippen molar-refractivity contribution >= 4 is 27.1 Å². The van der Waals surface area contributed by atoms with E-state index in [1.807, 2.05) is 11.0 Å². The molecule has 3 heterocycles. The van der Waals surface area contributed by atoms with Crippen molar-refractivity contribution in [3.8, 4) is 11.1 Å². The molecule has 1 aliphatic carbocycles. The summed E-state index contributed by atoms with van der Waals surface area (Å²) in [5.74, 6) is 0.222. The number of hydrogen-bond acceptors (Lipinski definition) is 5. The average Bonchev–Trinajstić information content (AvgIpc) is 3.57. The maximum absolute atomic E-state index is 14.5. The number of aryl methyl sites for hydroxylation is 2. The van der Waals surface area contributed by atoms with Crippen molar-refractivity contribution in [2.75, 3.05) is 17.7 Å². The van der Waals surface area contributed by atoms with Gasteiger partial charge >= 0.3 is 0 Å². The Morgan fingerprint density at radius 3 is 2.41 bits per heavy atom. The maximum atomic E-state index is 14.5. The van der Waals surface area contributed by atoms with Crippen LogP contribution < -0.4 is 4.90 Å². The second kappa shape index (κ2) is 10.5. The molecule has 0 radical (unpaired) electrons. The number of hydrogen-bond donors (Lipinski definition) is 0. The number of nitrogens with zero attached hydrogens (tertiary/aromatic N) is 4. The maximum Gasteiger partial charge on any atom is 0.264 e. The van der Waals surface area contributed by atoms with Crippen molar-refractivity contribution in [3.05, 3.63) is 64.5 Å². The third-order valence-corrected chi connectivity index (χ3v) is 10.8. The van der Waals surface area contributed by atoms with Gasteiger partial charge in [-0.15, -0.1) is 0 Å². The van der Waals surface area contributed by atoms with Gasteiger partial charge in [0.15, 0.2) is 0 Å². The Morgan fingerprint density at radius 2 is 1.78 bits per heavy atom. The van der Waals surface area contributed by atoms with E-state index in [1.54, 1.807) is 37.1 Å². The molecule has 1 saturated carbocycles. The van der Waals surface area contributed by atoms with Crippen molar-refractivity contribution in [1.82, 2.24) is 14.7 Å². The molecule has 41 heavy (non-hydrogen) atoms. The Hall–Kier alpha value is -3.27. The SMILES string of the molecule is CC(=O)N1Cc2cc(C3CCC(S(C)(=O)=O)CC3)cc(N3CCCc4cc(-c5cnn(C)c5)c(C(F)F)cc43)c2C1. The molecule has 0 saturated heterocycles. The first kappa shape index (κ1) is 27.9. The Balaban J connectivity index is 1.43. The Morgan fingerprint density at radius 1 is 1.02 bits per heavy atom. The zero-order chi connectivity index (χ0) is 29.1. The van der Waals surface area contributed by atoms with Crippen LogP contribution in [0.3, 0.4) is 0 Å². The van der Waals surface area contributed by atoms with Gasteiger partial charge in [0.1, 0.15) is 9.84 Å². The van der Waals surface area contributed by atoms with Gasteiger partial charge in [0, 0.05) is 74.1 Å². The summed E-state index contributed by atoms with van der Waals surface area (Å²) in [5.41, 5.74) is 7.26. The van der Waals surface area contributed by atoms with E-state index in [2.05, 4.69) is 22.1 Å². The van der Waals surface area contributed by atoms with Crippen molar-refractivity contribution in [3.63, 3.8) is 0 Å². The van der Waals surface area contributed by atoms with Crippen molar-refractivity contribution < 1.29 is 22.0 Å². The summed E-state index contributed by atoms with van der Waals surface area (Å²) < 4.78 is 54.9. The first-order valence-electron chi connectivity index (χ1n) is 14.3. The first-order valence-corrected chi connectivity index (χ1v) is 16.3. The second-order valence-corrected chi connectivity index (χ2v) is 14.2. The van der Waals surface area contributed by atoms with Gasteiger partial charge in [0.05, 0.1) is 11.4 Å². The highest BCUT2D eigenvalue weighted by Crippen LogP contribution is 2.46. The Bertz CT molecular complexity index is 1610. The number of alkyl halides is 2. The van der Waals surface area contributed by atoms with E-state index in [-0.39, 0.29) is 22.6 Å². The second-order valence-electron chi connectivity index (χ2n) is 11.9. The first-order chi connectivity index (χ1) is 19.5. The summed E-state index contributed by atoms with van der Waals surface area (Å²) in [6.45, 7) is 3.28. The van der Waals surface area contributed by atoms with Crippen molar-refractivity contribution in [2.45, 2.75) is 76.1 Å². The average molecular weight is 583 g/mol. The molecule has 1 amide bonds. The van der Waals surface area contributed by atoms with Crippen LogP contribution >= 0.6 is 0 Å². The minimum Gasteiger partial charge on any atom is -0.341 e. The summed E-state index contributed by atoms with van der Waals surface area (Å²) in [4.78, 5) is 16.4. The zero-order valence-electron chi connectivity index (χ0n) is 23.7. The highest BCUT2D eigenvalue weighted by atomic mass is 32.2. The van der Waals surface area contributed by atoms with Crippen molar-refractivity contribution in [2.24, 2.45) is 7.05 Å². The van der Waals surface area contributed by atoms with Gasteiger partial charge in [-0.3, -0.25) is 9.48 Å². The van der Waals surface area contributed by atoms with Crippen LogP contribution in [0.1, 0.15) is 79.2 Å². The summed E-state index contributed by atoms with van der Waals surface area (Å²) in [5, 5.41) is 3.90. The fraction of sp³-hybridized carbons (Fsp3) is 0.484. The number of rotatable bonds is 5. The molecule has 0 spiro atoms. The molecule has 3 aliphatic rings. The molecule has 0 bridgehead atoms. The molecule has 7 nitrogen and oxygen atoms in total. The molecule has 0 N–H and O–H groups in total. The largest absolute Gasteiger partial charge is 0.341 e. The van der Waals surface area contributed by atoms with Crippen LogP contribution in [0.2, 0.25) is 0 Å². The van der Waals surface area contributed by atoms with E-state index in [1.165, 1.54) is 6.26 Å². The number of halogens is 2. The Kier molecular flexibility index (Phi) is 7.16. The molecule has 1 aromatic heterocycles. The van der Waals surface area contributed by atoms with Gasteiger partial charge in [0.2, 0.25) is 5.91 Å². The van der Waals surface area contributed by atoms with E-state index in [0.717, 1.165) is 59.3 Å². The number of aromatic nitrogens is 2. The minimum absolute atomic E-state index is 0.00232. The van der Waals surface area contributed by atoms with Gasteiger partial charge in [-0.25, -0.2) is 17.2 Å². The van der Waals surface area contributed by atoms with Crippen LogP contribution in [0.25, 0.3) is 11.1 Å². The lowest BCUT2D eigenvalue weighted by molar-refractivity contribution is -0.129. The fourth-order valence-corrected chi connectivity index (χ4v) is 8.06. The van der Waals surface area contributed by atoms with E-state index in [9.17, 15) is 22.0 Å². The lowest BCUT2D eigenvalue weighted by atomic mass is 9.82. The molecular formula is C31H36F2N4O3S. The lowest BCUT2D eigenvalue weighted by Crippen LogP contribution is -2.27. The van der Waals surface area contributed by atoms with Crippen LogP contribution in [-0.4, -0.2) is 47.1 Å². The molecule has 218 valence electrons. The molecule has 10 heteroatoms. The van der Waals surface area contributed by atoms with Crippen LogP contribution in [0.15, 0.2) is 36.7 Å². The summed E-state index contributed by atoms with van der Waals surface area (Å²) in [6.07, 6.45) is 6.58. The van der Waals surface area contributed by atoms with E-state index in [0.29, 0.717) is 43.6 Å².